The van der Waals surface area contributed by atoms with Crippen molar-refractivity contribution in [3.8, 4) is 23.6 Å². The Bertz CT molecular complexity index is 1270. The van der Waals surface area contributed by atoms with Crippen molar-refractivity contribution in [1.82, 2.24) is 14.9 Å². The SMILES string of the molecule is C#Cc1ccc2cc(-c3cnc([C@@H]4C=C(C5CC5)CN4C(=O)OC(C)(C)C)[nH]3)ccc2c1. The van der Waals surface area contributed by atoms with E-state index in [0.717, 1.165) is 33.4 Å². The van der Waals surface area contributed by atoms with E-state index >= 15 is 0 Å². The molecule has 3 aromatic rings. The minimum absolute atomic E-state index is 0.243. The third-order valence-corrected chi connectivity index (χ3v) is 5.98. The molecule has 162 valence electrons. The minimum atomic E-state index is -0.539. The zero-order valence-electron chi connectivity index (χ0n) is 18.7. The van der Waals surface area contributed by atoms with Crippen LogP contribution in [-0.2, 0) is 4.74 Å². The highest BCUT2D eigenvalue weighted by Crippen LogP contribution is 2.43. The van der Waals surface area contributed by atoms with Gasteiger partial charge in [0.05, 0.1) is 11.9 Å². The predicted molar refractivity (Wildman–Crippen MR) is 126 cm³/mol. The van der Waals surface area contributed by atoms with Crippen LogP contribution in [0.2, 0.25) is 0 Å². The summed E-state index contributed by atoms with van der Waals surface area (Å²) in [6.45, 7) is 6.28. The number of ether oxygens (including phenoxy) is 1. The van der Waals surface area contributed by atoms with Gasteiger partial charge in [-0.2, -0.15) is 0 Å². The molecule has 1 fully saturated rings. The second kappa shape index (κ2) is 7.56. The highest BCUT2D eigenvalue weighted by Gasteiger charge is 2.39. The fourth-order valence-electron chi connectivity index (χ4n) is 4.22. The lowest BCUT2D eigenvalue weighted by Gasteiger charge is -2.28. The van der Waals surface area contributed by atoms with Crippen LogP contribution in [0.15, 0.2) is 54.2 Å². The lowest BCUT2D eigenvalue weighted by molar-refractivity contribution is 0.0231. The molecule has 1 aliphatic carbocycles. The summed E-state index contributed by atoms with van der Waals surface area (Å²) < 4.78 is 5.68. The molecular formula is C27H27N3O2. The molecule has 0 unspecified atom stereocenters. The van der Waals surface area contributed by atoms with Crippen molar-refractivity contribution in [3.05, 3.63) is 65.6 Å². The molecule has 0 saturated heterocycles. The first-order valence-electron chi connectivity index (χ1n) is 11.1. The smallest absolute Gasteiger partial charge is 0.411 e. The van der Waals surface area contributed by atoms with Crippen molar-refractivity contribution < 1.29 is 9.53 Å². The quantitative estimate of drug-likeness (QED) is 0.424. The molecular weight excluding hydrogens is 398 g/mol. The number of hydrogen-bond donors (Lipinski definition) is 1. The van der Waals surface area contributed by atoms with Crippen LogP contribution in [0.5, 0.6) is 0 Å². The van der Waals surface area contributed by atoms with E-state index in [0.29, 0.717) is 12.5 Å². The van der Waals surface area contributed by atoms with Crippen LogP contribution in [0.25, 0.3) is 22.0 Å². The molecule has 1 N–H and O–H groups in total. The van der Waals surface area contributed by atoms with E-state index in [1.54, 1.807) is 4.90 Å². The second-order valence-corrected chi connectivity index (χ2v) is 9.67. The molecule has 1 saturated carbocycles. The van der Waals surface area contributed by atoms with E-state index in [4.69, 9.17) is 11.2 Å². The highest BCUT2D eigenvalue weighted by molar-refractivity contribution is 5.87. The number of benzene rings is 2. The van der Waals surface area contributed by atoms with Crippen LogP contribution >= 0.6 is 0 Å². The molecule has 2 aromatic carbocycles. The summed E-state index contributed by atoms with van der Waals surface area (Å²) in [7, 11) is 0. The molecule has 5 nitrogen and oxygen atoms in total. The number of amides is 1. The summed E-state index contributed by atoms with van der Waals surface area (Å²) in [4.78, 5) is 22.8. The maximum absolute atomic E-state index is 12.9. The van der Waals surface area contributed by atoms with Gasteiger partial charge in [-0.05, 0) is 74.1 Å². The van der Waals surface area contributed by atoms with Gasteiger partial charge in [-0.3, -0.25) is 4.90 Å². The van der Waals surface area contributed by atoms with Gasteiger partial charge in [-0.15, -0.1) is 6.42 Å². The number of aromatic nitrogens is 2. The monoisotopic (exact) mass is 425 g/mol. The number of imidazole rings is 1. The summed E-state index contributed by atoms with van der Waals surface area (Å²) in [6.07, 6.45) is 11.6. The van der Waals surface area contributed by atoms with Gasteiger partial charge in [0.1, 0.15) is 17.5 Å². The average Bonchev–Trinajstić information content (AvgIpc) is 3.32. The normalized spacial score (nSPS) is 18.5. The van der Waals surface area contributed by atoms with Gasteiger partial charge < -0.3 is 9.72 Å². The van der Waals surface area contributed by atoms with Gasteiger partial charge in [0.2, 0.25) is 0 Å². The third-order valence-electron chi connectivity index (χ3n) is 5.98. The van der Waals surface area contributed by atoms with Crippen molar-refractivity contribution in [1.29, 1.82) is 0 Å². The van der Waals surface area contributed by atoms with Gasteiger partial charge in [0, 0.05) is 17.7 Å². The number of nitrogens with one attached hydrogen (secondary N) is 1. The number of carbonyl (C=O) groups is 1. The number of H-pyrrole nitrogens is 1. The number of rotatable bonds is 3. The van der Waals surface area contributed by atoms with Crippen LogP contribution in [0, 0.1) is 18.3 Å². The Balaban J connectivity index is 1.44. The molecule has 32 heavy (non-hydrogen) atoms. The molecule has 0 bridgehead atoms. The summed E-state index contributed by atoms with van der Waals surface area (Å²) in [5.74, 6) is 4.02. The van der Waals surface area contributed by atoms with Gasteiger partial charge >= 0.3 is 6.09 Å². The number of aromatic amines is 1. The topological polar surface area (TPSA) is 58.2 Å². The summed E-state index contributed by atoms with van der Waals surface area (Å²) in [5, 5.41) is 2.22. The molecule has 0 spiro atoms. The number of terminal acetylenes is 1. The lowest BCUT2D eigenvalue weighted by atomic mass is 10.0. The van der Waals surface area contributed by atoms with Crippen molar-refractivity contribution in [2.24, 2.45) is 5.92 Å². The van der Waals surface area contributed by atoms with E-state index < -0.39 is 5.60 Å². The van der Waals surface area contributed by atoms with Gasteiger partial charge in [-0.1, -0.05) is 30.2 Å². The van der Waals surface area contributed by atoms with Crippen LogP contribution in [0.1, 0.15) is 51.0 Å². The standard InChI is InChI=1S/C27H27N3O2/c1-5-17-6-7-20-13-21(11-10-19(20)12-17)23-15-28-25(29-23)24-14-22(18-8-9-18)16-30(24)26(31)32-27(2,3)4/h1,6-7,10-15,18,24H,8-9,16H2,2-4H3,(H,28,29)/t24-/m0/s1. The Hall–Kier alpha value is -3.52. The fraction of sp³-hybridized carbons (Fsp3) is 0.333. The average molecular weight is 426 g/mol. The fourth-order valence-corrected chi connectivity index (χ4v) is 4.22. The minimum Gasteiger partial charge on any atom is -0.444 e. The Labute approximate surface area is 188 Å². The van der Waals surface area contributed by atoms with E-state index in [1.165, 1.54) is 18.4 Å². The third kappa shape index (κ3) is 4.01. The Morgan fingerprint density at radius 2 is 1.94 bits per heavy atom. The van der Waals surface area contributed by atoms with Gasteiger partial charge in [-0.25, -0.2) is 9.78 Å². The van der Waals surface area contributed by atoms with Crippen molar-refractivity contribution in [2.45, 2.75) is 45.3 Å². The number of hydrogen-bond acceptors (Lipinski definition) is 3. The number of nitrogens with zero attached hydrogens (tertiary/aromatic N) is 2. The summed E-state index contributed by atoms with van der Waals surface area (Å²) >= 11 is 0. The van der Waals surface area contributed by atoms with Crippen LogP contribution in [-0.4, -0.2) is 33.1 Å². The molecule has 5 rings (SSSR count). The van der Waals surface area contributed by atoms with E-state index in [1.807, 2.05) is 45.2 Å². The van der Waals surface area contributed by atoms with Gasteiger partial charge in [0.15, 0.2) is 0 Å². The largest absolute Gasteiger partial charge is 0.444 e. The maximum atomic E-state index is 12.9. The molecule has 1 aromatic heterocycles. The maximum Gasteiger partial charge on any atom is 0.411 e. The summed E-state index contributed by atoms with van der Waals surface area (Å²) in [5.41, 5.74) is 3.60. The van der Waals surface area contributed by atoms with Crippen LogP contribution in [0.4, 0.5) is 4.79 Å². The Morgan fingerprint density at radius 1 is 1.19 bits per heavy atom. The molecule has 0 radical (unpaired) electrons. The van der Waals surface area contributed by atoms with Gasteiger partial charge in [0.25, 0.3) is 0 Å². The van der Waals surface area contributed by atoms with Crippen molar-refractivity contribution in [3.63, 3.8) is 0 Å². The molecule has 5 heteroatoms. The van der Waals surface area contributed by atoms with E-state index in [9.17, 15) is 4.79 Å². The molecule has 1 amide bonds. The first-order valence-corrected chi connectivity index (χ1v) is 11.1. The zero-order valence-corrected chi connectivity index (χ0v) is 18.7. The molecule has 2 heterocycles. The van der Waals surface area contributed by atoms with E-state index in [-0.39, 0.29) is 12.1 Å². The molecule has 2 aliphatic rings. The van der Waals surface area contributed by atoms with Crippen molar-refractivity contribution in [2.75, 3.05) is 6.54 Å². The predicted octanol–water partition coefficient (Wildman–Crippen LogP) is 5.84. The number of carbonyl (C=O) groups excluding carboxylic acids is 1. The van der Waals surface area contributed by atoms with Crippen molar-refractivity contribution >= 4 is 16.9 Å². The highest BCUT2D eigenvalue weighted by atomic mass is 16.6. The zero-order chi connectivity index (χ0) is 22.5. The Morgan fingerprint density at radius 3 is 2.66 bits per heavy atom. The Kier molecular flexibility index (Phi) is 4.82. The molecule has 1 atom stereocenters. The lowest BCUT2D eigenvalue weighted by Crippen LogP contribution is -2.37. The second-order valence-electron chi connectivity index (χ2n) is 9.67. The summed E-state index contributed by atoms with van der Waals surface area (Å²) in [6, 6.07) is 12.0. The first kappa shape index (κ1) is 20.4. The van der Waals surface area contributed by atoms with E-state index in [2.05, 4.69) is 40.2 Å². The van der Waals surface area contributed by atoms with Crippen LogP contribution in [0.3, 0.4) is 0 Å². The molecule has 1 aliphatic heterocycles. The van der Waals surface area contributed by atoms with Crippen LogP contribution < -0.4 is 0 Å². The number of fused-ring (bicyclic) bond motifs is 1. The first-order chi connectivity index (χ1) is 15.3.